The van der Waals surface area contributed by atoms with Gasteiger partial charge in [0.1, 0.15) is 11.1 Å². The number of carboxylic acid groups (broad SMARTS) is 2. The molecule has 0 fully saturated rings. The molecular formula is C10H20N2O4. The monoisotopic (exact) mass is 232 g/mol. The van der Waals surface area contributed by atoms with Crippen LogP contribution in [-0.4, -0.2) is 33.2 Å². The summed E-state index contributed by atoms with van der Waals surface area (Å²) in [5.74, 6) is -2.11. The molecule has 0 radical (unpaired) electrons. The molecule has 0 spiro atoms. The number of hydrogen-bond acceptors (Lipinski definition) is 4. The predicted molar refractivity (Wildman–Crippen MR) is 58.9 cm³/mol. The number of unbranched alkanes of at least 4 members (excludes halogenated alkanes) is 1. The Hall–Kier alpha value is -1.14. The molecule has 0 heterocycles. The summed E-state index contributed by atoms with van der Waals surface area (Å²) in [7, 11) is 0. The summed E-state index contributed by atoms with van der Waals surface area (Å²) in [6.07, 6.45) is 1.69. The maximum Gasteiger partial charge on any atom is 0.323 e. The van der Waals surface area contributed by atoms with E-state index >= 15 is 0 Å². The molecule has 0 rings (SSSR count). The van der Waals surface area contributed by atoms with Crippen LogP contribution in [0, 0.1) is 0 Å². The molecule has 6 nitrogen and oxygen atoms in total. The zero-order valence-corrected chi connectivity index (χ0v) is 9.69. The molecular weight excluding hydrogens is 212 g/mol. The van der Waals surface area contributed by atoms with Gasteiger partial charge in [0.05, 0.1) is 0 Å². The lowest BCUT2D eigenvalue weighted by Crippen LogP contribution is -2.46. The van der Waals surface area contributed by atoms with Gasteiger partial charge in [0, 0.05) is 0 Å². The summed E-state index contributed by atoms with van der Waals surface area (Å²) in [4.78, 5) is 21.4. The highest BCUT2D eigenvalue weighted by Gasteiger charge is 2.29. The van der Waals surface area contributed by atoms with Crippen LogP contribution in [0.2, 0.25) is 0 Å². The molecule has 16 heavy (non-hydrogen) atoms. The summed E-state index contributed by atoms with van der Waals surface area (Å²) in [6, 6.07) is 0. The van der Waals surface area contributed by atoms with Crippen LogP contribution in [0.4, 0.5) is 0 Å². The van der Waals surface area contributed by atoms with Crippen molar-refractivity contribution in [1.82, 2.24) is 0 Å². The van der Waals surface area contributed by atoms with E-state index in [2.05, 4.69) is 0 Å². The number of carbonyl (C=O) groups is 2. The average Bonchev–Trinajstić information content (AvgIpc) is 2.12. The summed E-state index contributed by atoms with van der Waals surface area (Å²) in [6.45, 7) is 2.88. The topological polar surface area (TPSA) is 127 Å². The Morgan fingerprint density at radius 1 is 0.938 bits per heavy atom. The minimum Gasteiger partial charge on any atom is -0.480 e. The molecule has 0 bridgehead atoms. The molecule has 0 aromatic rings. The van der Waals surface area contributed by atoms with Gasteiger partial charge in [-0.15, -0.1) is 0 Å². The average molecular weight is 232 g/mol. The van der Waals surface area contributed by atoms with E-state index in [1.165, 1.54) is 13.8 Å². The maximum atomic E-state index is 10.7. The lowest BCUT2D eigenvalue weighted by atomic mass is 9.91. The van der Waals surface area contributed by atoms with Crippen LogP contribution >= 0.6 is 0 Å². The standard InChI is InChI=1S/C10H20N2O4/c1-9(11,7(13)14)5-3-4-6-10(2,12)8(15)16/h3-6,11-12H2,1-2H3,(H,13,14)(H,15,16). The third-order valence-electron chi connectivity index (χ3n) is 2.62. The Labute approximate surface area is 94.6 Å². The van der Waals surface area contributed by atoms with Crippen molar-refractivity contribution in [3.05, 3.63) is 0 Å². The molecule has 0 amide bonds. The van der Waals surface area contributed by atoms with Crippen LogP contribution in [0.25, 0.3) is 0 Å². The maximum absolute atomic E-state index is 10.7. The van der Waals surface area contributed by atoms with E-state index in [-0.39, 0.29) is 0 Å². The van der Waals surface area contributed by atoms with E-state index in [1.807, 2.05) is 0 Å². The summed E-state index contributed by atoms with van der Waals surface area (Å²) < 4.78 is 0. The van der Waals surface area contributed by atoms with Crippen molar-refractivity contribution in [2.24, 2.45) is 11.5 Å². The highest BCUT2D eigenvalue weighted by atomic mass is 16.4. The molecule has 2 unspecified atom stereocenters. The van der Waals surface area contributed by atoms with Gasteiger partial charge in [0.15, 0.2) is 0 Å². The normalized spacial score (nSPS) is 18.5. The second kappa shape index (κ2) is 5.27. The highest BCUT2D eigenvalue weighted by molar-refractivity contribution is 5.78. The van der Waals surface area contributed by atoms with Gasteiger partial charge in [0.2, 0.25) is 0 Å². The van der Waals surface area contributed by atoms with Crippen molar-refractivity contribution in [2.45, 2.75) is 50.6 Å². The zero-order chi connectivity index (χ0) is 13.0. The van der Waals surface area contributed by atoms with E-state index in [1.54, 1.807) is 0 Å². The number of carboxylic acids is 2. The zero-order valence-electron chi connectivity index (χ0n) is 9.69. The van der Waals surface area contributed by atoms with Gasteiger partial charge < -0.3 is 21.7 Å². The van der Waals surface area contributed by atoms with Crippen LogP contribution in [0.5, 0.6) is 0 Å². The van der Waals surface area contributed by atoms with Gasteiger partial charge in [-0.1, -0.05) is 12.8 Å². The molecule has 0 aliphatic rings. The van der Waals surface area contributed by atoms with E-state index in [4.69, 9.17) is 21.7 Å². The Morgan fingerprint density at radius 2 is 1.19 bits per heavy atom. The van der Waals surface area contributed by atoms with Crippen LogP contribution in [0.3, 0.4) is 0 Å². The highest BCUT2D eigenvalue weighted by Crippen LogP contribution is 2.16. The minimum absolute atomic E-state index is 0.304. The molecule has 0 aliphatic heterocycles. The van der Waals surface area contributed by atoms with Crippen molar-refractivity contribution in [2.75, 3.05) is 0 Å². The molecule has 0 aromatic carbocycles. The Kier molecular flexibility index (Phi) is 4.89. The SMILES string of the molecule is CC(N)(CCCCC(C)(N)C(=O)O)C(=O)O. The fourth-order valence-corrected chi connectivity index (χ4v) is 1.20. The molecule has 6 heteroatoms. The molecule has 6 N–H and O–H groups in total. The smallest absolute Gasteiger partial charge is 0.323 e. The second-order valence-corrected chi connectivity index (χ2v) is 4.65. The Bertz CT molecular complexity index is 246. The Balaban J connectivity index is 3.94. The molecule has 0 saturated carbocycles. The fraction of sp³-hybridized carbons (Fsp3) is 0.800. The van der Waals surface area contributed by atoms with E-state index in [9.17, 15) is 9.59 Å². The lowest BCUT2D eigenvalue weighted by Gasteiger charge is -2.21. The van der Waals surface area contributed by atoms with Gasteiger partial charge in [-0.3, -0.25) is 9.59 Å². The first kappa shape index (κ1) is 14.9. The summed E-state index contributed by atoms with van der Waals surface area (Å²) >= 11 is 0. The molecule has 2 atom stereocenters. The lowest BCUT2D eigenvalue weighted by molar-refractivity contribution is -0.144. The quantitative estimate of drug-likeness (QED) is 0.463. The van der Waals surface area contributed by atoms with Gasteiger partial charge in [0.25, 0.3) is 0 Å². The van der Waals surface area contributed by atoms with Crippen LogP contribution in [0.1, 0.15) is 39.5 Å². The fourth-order valence-electron chi connectivity index (χ4n) is 1.20. The number of rotatable bonds is 7. The van der Waals surface area contributed by atoms with E-state index in [0.717, 1.165) is 0 Å². The van der Waals surface area contributed by atoms with Crippen molar-refractivity contribution in [3.63, 3.8) is 0 Å². The third-order valence-corrected chi connectivity index (χ3v) is 2.62. The second-order valence-electron chi connectivity index (χ2n) is 4.65. The first-order chi connectivity index (χ1) is 7.09. The van der Waals surface area contributed by atoms with Crippen LogP contribution in [-0.2, 0) is 9.59 Å². The first-order valence-corrected chi connectivity index (χ1v) is 5.14. The molecule has 0 aliphatic carbocycles. The van der Waals surface area contributed by atoms with Gasteiger partial charge in [-0.2, -0.15) is 0 Å². The van der Waals surface area contributed by atoms with E-state index in [0.29, 0.717) is 25.7 Å². The largest absolute Gasteiger partial charge is 0.480 e. The van der Waals surface area contributed by atoms with Crippen molar-refractivity contribution < 1.29 is 19.8 Å². The minimum atomic E-state index is -1.26. The number of hydrogen-bond donors (Lipinski definition) is 4. The Morgan fingerprint density at radius 3 is 1.38 bits per heavy atom. The van der Waals surface area contributed by atoms with Crippen molar-refractivity contribution >= 4 is 11.9 Å². The first-order valence-electron chi connectivity index (χ1n) is 5.14. The molecule has 94 valence electrons. The van der Waals surface area contributed by atoms with Crippen molar-refractivity contribution in [3.8, 4) is 0 Å². The number of nitrogens with two attached hydrogens (primary N) is 2. The molecule has 0 aromatic heterocycles. The molecule has 0 saturated heterocycles. The van der Waals surface area contributed by atoms with Gasteiger partial charge in [-0.25, -0.2) is 0 Å². The van der Waals surface area contributed by atoms with E-state index < -0.39 is 23.0 Å². The predicted octanol–water partition coefficient (Wildman–Crippen LogP) is 0.151. The van der Waals surface area contributed by atoms with Crippen LogP contribution < -0.4 is 11.5 Å². The summed E-state index contributed by atoms with van der Waals surface area (Å²) in [5.41, 5.74) is 8.53. The number of aliphatic carboxylic acids is 2. The van der Waals surface area contributed by atoms with Crippen molar-refractivity contribution in [1.29, 1.82) is 0 Å². The van der Waals surface area contributed by atoms with Gasteiger partial charge in [-0.05, 0) is 26.7 Å². The third kappa shape index (κ3) is 4.59. The summed E-state index contributed by atoms with van der Waals surface area (Å²) in [5, 5.41) is 17.5. The van der Waals surface area contributed by atoms with Gasteiger partial charge >= 0.3 is 11.9 Å². The van der Waals surface area contributed by atoms with Crippen LogP contribution in [0.15, 0.2) is 0 Å².